The van der Waals surface area contributed by atoms with Crippen molar-refractivity contribution in [3.63, 3.8) is 0 Å². The molecule has 23 heavy (non-hydrogen) atoms. The van der Waals surface area contributed by atoms with Crippen LogP contribution in [0.5, 0.6) is 0 Å². The van der Waals surface area contributed by atoms with Crippen LogP contribution in [0.4, 0.5) is 5.13 Å². The number of fused-ring (bicyclic) bond motifs is 1. The smallest absolute Gasteiger partial charge is 0.278 e. The van der Waals surface area contributed by atoms with Crippen LogP contribution >= 0.6 is 11.3 Å². The van der Waals surface area contributed by atoms with E-state index in [9.17, 15) is 13.2 Å². The number of carbonyl (C=O) groups excluding carboxylic acids is 1. The third kappa shape index (κ3) is 2.47. The number of aromatic nitrogens is 1. The van der Waals surface area contributed by atoms with Gasteiger partial charge >= 0.3 is 0 Å². The fourth-order valence-corrected chi connectivity index (χ4v) is 4.23. The molecule has 0 radical (unpaired) electrons. The first kappa shape index (κ1) is 15.5. The maximum absolute atomic E-state index is 12.6. The number of benzene rings is 1. The van der Waals surface area contributed by atoms with E-state index in [1.807, 2.05) is 0 Å². The molecule has 0 unspecified atom stereocenters. The Labute approximate surface area is 137 Å². The molecule has 120 valence electrons. The van der Waals surface area contributed by atoms with Crippen molar-refractivity contribution in [2.75, 3.05) is 19.5 Å². The van der Waals surface area contributed by atoms with E-state index in [0.29, 0.717) is 10.7 Å². The maximum atomic E-state index is 12.6. The second-order valence-electron chi connectivity index (χ2n) is 4.64. The largest absolute Gasteiger partial charge is 0.494 e. The predicted octanol–water partition coefficient (Wildman–Crippen LogP) is 1.73. The number of carbonyl (C=O) groups is 1. The van der Waals surface area contributed by atoms with Crippen LogP contribution in [0, 0.1) is 0 Å². The highest BCUT2D eigenvalue weighted by Crippen LogP contribution is 2.36. The topological polar surface area (TPSA) is 88.6 Å². The van der Waals surface area contributed by atoms with Crippen LogP contribution in [0.2, 0.25) is 0 Å². The van der Waals surface area contributed by atoms with Gasteiger partial charge in [-0.3, -0.25) is 14.4 Å². The van der Waals surface area contributed by atoms with E-state index < -0.39 is 15.9 Å². The molecule has 1 aromatic carbocycles. The number of sulfonamides is 1. The Morgan fingerprint density at radius 2 is 2.09 bits per heavy atom. The van der Waals surface area contributed by atoms with Crippen molar-refractivity contribution in [2.24, 2.45) is 0 Å². The summed E-state index contributed by atoms with van der Waals surface area (Å²) in [5.74, 6) is -0.399. The van der Waals surface area contributed by atoms with Crippen LogP contribution in [-0.2, 0) is 19.6 Å². The fraction of sp³-hybridized carbons (Fsp3) is 0.143. The predicted molar refractivity (Wildman–Crippen MR) is 86.1 cm³/mol. The van der Waals surface area contributed by atoms with Gasteiger partial charge in [-0.15, -0.1) is 11.3 Å². The number of nitrogens with zero attached hydrogens (tertiary/aromatic N) is 2. The number of anilines is 1. The van der Waals surface area contributed by atoms with Crippen molar-refractivity contribution in [1.82, 2.24) is 9.29 Å². The molecule has 0 aliphatic carbocycles. The number of thiazole rings is 1. The summed E-state index contributed by atoms with van der Waals surface area (Å²) in [5.41, 5.74) is 0.277. The molecule has 9 heteroatoms. The number of nitrogens with one attached hydrogen (secondary N) is 1. The highest BCUT2D eigenvalue weighted by Gasteiger charge is 2.38. The molecule has 1 aliphatic heterocycles. The molecule has 0 atom stereocenters. The second-order valence-corrected chi connectivity index (χ2v) is 7.47. The standard InChI is InChI=1S/C14H13N3O4S2/c1-17-11(13(18)16-14-15-7-8-22-14)12(21-2)9-5-3-4-6-10(9)23(17,19)20/h3-8H,1-2H3,(H,15,16,18). The summed E-state index contributed by atoms with van der Waals surface area (Å²) < 4.78 is 31.5. The second kappa shape index (κ2) is 5.67. The van der Waals surface area contributed by atoms with Gasteiger partial charge in [-0.25, -0.2) is 13.4 Å². The molecule has 0 saturated heterocycles. The normalized spacial score (nSPS) is 16.0. The van der Waals surface area contributed by atoms with E-state index >= 15 is 0 Å². The summed E-state index contributed by atoms with van der Waals surface area (Å²) in [6, 6.07) is 6.40. The minimum absolute atomic E-state index is 0.0820. The molecular formula is C14H13N3O4S2. The van der Waals surface area contributed by atoms with E-state index in [2.05, 4.69) is 10.3 Å². The van der Waals surface area contributed by atoms with Crippen molar-refractivity contribution in [1.29, 1.82) is 0 Å². The van der Waals surface area contributed by atoms with Gasteiger partial charge in [0.15, 0.2) is 16.6 Å². The molecule has 0 bridgehead atoms. The van der Waals surface area contributed by atoms with Gasteiger partial charge in [0.25, 0.3) is 15.9 Å². The number of rotatable bonds is 3. The van der Waals surface area contributed by atoms with E-state index in [0.717, 1.165) is 4.31 Å². The molecule has 1 aromatic heterocycles. The number of ether oxygens (including phenoxy) is 1. The Bertz CT molecular complexity index is 889. The first-order chi connectivity index (χ1) is 11.0. The molecule has 1 aliphatic rings. The highest BCUT2D eigenvalue weighted by molar-refractivity contribution is 7.89. The third-order valence-electron chi connectivity index (χ3n) is 3.37. The van der Waals surface area contributed by atoms with E-state index in [1.54, 1.807) is 29.8 Å². The molecule has 3 rings (SSSR count). The molecule has 0 spiro atoms. The maximum Gasteiger partial charge on any atom is 0.278 e. The Balaban J connectivity index is 2.16. The number of hydrogen-bond donors (Lipinski definition) is 1. The Kier molecular flexibility index (Phi) is 3.82. The minimum Gasteiger partial charge on any atom is -0.494 e. The van der Waals surface area contributed by atoms with E-state index in [-0.39, 0.29) is 16.4 Å². The van der Waals surface area contributed by atoms with Crippen LogP contribution in [0.3, 0.4) is 0 Å². The van der Waals surface area contributed by atoms with Gasteiger partial charge in [0, 0.05) is 24.2 Å². The van der Waals surface area contributed by atoms with Gasteiger partial charge < -0.3 is 4.74 Å². The lowest BCUT2D eigenvalue weighted by atomic mass is 10.1. The van der Waals surface area contributed by atoms with Gasteiger partial charge in [0.05, 0.1) is 12.0 Å². The zero-order chi connectivity index (χ0) is 16.6. The number of methoxy groups -OCH3 is 1. The summed E-state index contributed by atoms with van der Waals surface area (Å²) in [4.78, 5) is 16.6. The van der Waals surface area contributed by atoms with Gasteiger partial charge in [-0.2, -0.15) is 0 Å². The minimum atomic E-state index is -3.82. The molecule has 0 saturated carbocycles. The summed E-state index contributed by atoms with van der Waals surface area (Å²) in [7, 11) is -1.10. The van der Waals surface area contributed by atoms with Gasteiger partial charge in [-0.1, -0.05) is 12.1 Å². The summed E-state index contributed by atoms with van der Waals surface area (Å²) in [5, 5.41) is 4.66. The summed E-state index contributed by atoms with van der Waals surface area (Å²) in [6.45, 7) is 0. The fourth-order valence-electron chi connectivity index (χ4n) is 2.31. The lowest BCUT2D eigenvalue weighted by Gasteiger charge is -2.29. The highest BCUT2D eigenvalue weighted by atomic mass is 32.2. The Morgan fingerprint density at radius 3 is 2.74 bits per heavy atom. The van der Waals surface area contributed by atoms with Crippen LogP contribution < -0.4 is 5.32 Å². The van der Waals surface area contributed by atoms with Crippen molar-refractivity contribution in [3.05, 3.63) is 47.1 Å². The molecule has 1 N–H and O–H groups in total. The van der Waals surface area contributed by atoms with E-state index in [4.69, 9.17) is 4.74 Å². The Hall–Kier alpha value is -2.39. The number of likely N-dealkylation sites (N-methyl/N-ethyl adjacent to an activating group) is 1. The first-order valence-electron chi connectivity index (χ1n) is 6.54. The average molecular weight is 351 g/mol. The molecule has 7 nitrogen and oxygen atoms in total. The van der Waals surface area contributed by atoms with Crippen molar-refractivity contribution in [3.8, 4) is 0 Å². The average Bonchev–Trinajstić information content (AvgIpc) is 3.03. The van der Waals surface area contributed by atoms with Crippen LogP contribution in [0.25, 0.3) is 5.76 Å². The van der Waals surface area contributed by atoms with Crippen LogP contribution in [0.15, 0.2) is 46.4 Å². The molecular weight excluding hydrogens is 338 g/mol. The monoisotopic (exact) mass is 351 g/mol. The zero-order valence-electron chi connectivity index (χ0n) is 12.3. The summed E-state index contributed by atoms with van der Waals surface area (Å²) >= 11 is 1.24. The third-order valence-corrected chi connectivity index (χ3v) is 5.88. The van der Waals surface area contributed by atoms with Crippen molar-refractivity contribution >= 4 is 38.2 Å². The van der Waals surface area contributed by atoms with E-state index in [1.165, 1.54) is 31.6 Å². The number of amides is 1. The summed E-state index contributed by atoms with van der Waals surface area (Å²) in [6.07, 6.45) is 1.54. The SMILES string of the molecule is COC1=C(C(=O)Nc2nccs2)N(C)S(=O)(=O)c2ccccc21. The number of hydrogen-bond acceptors (Lipinski definition) is 6. The van der Waals surface area contributed by atoms with Crippen LogP contribution in [-0.4, -0.2) is 37.8 Å². The van der Waals surface area contributed by atoms with Gasteiger partial charge in [0.1, 0.15) is 0 Å². The molecule has 2 aromatic rings. The van der Waals surface area contributed by atoms with Crippen LogP contribution in [0.1, 0.15) is 5.56 Å². The van der Waals surface area contributed by atoms with Crippen molar-refractivity contribution in [2.45, 2.75) is 4.90 Å². The van der Waals surface area contributed by atoms with Crippen molar-refractivity contribution < 1.29 is 17.9 Å². The van der Waals surface area contributed by atoms with Gasteiger partial charge in [0.2, 0.25) is 0 Å². The lowest BCUT2D eigenvalue weighted by Crippen LogP contribution is -2.37. The first-order valence-corrected chi connectivity index (χ1v) is 8.86. The molecule has 1 amide bonds. The quantitative estimate of drug-likeness (QED) is 0.910. The molecule has 0 fully saturated rings. The lowest BCUT2D eigenvalue weighted by molar-refractivity contribution is -0.113. The van der Waals surface area contributed by atoms with Gasteiger partial charge in [-0.05, 0) is 12.1 Å². The zero-order valence-corrected chi connectivity index (χ0v) is 13.9. The molecule has 2 heterocycles. The Morgan fingerprint density at radius 1 is 1.35 bits per heavy atom.